The summed E-state index contributed by atoms with van der Waals surface area (Å²) in [5, 5.41) is 9.04. The smallest absolute Gasteiger partial charge is 0.397 e. The summed E-state index contributed by atoms with van der Waals surface area (Å²) in [7, 11) is 0. The zero-order chi connectivity index (χ0) is 17.3. The fourth-order valence-corrected chi connectivity index (χ4v) is 2.75. The van der Waals surface area contributed by atoms with E-state index in [2.05, 4.69) is 0 Å². The molecule has 2 aromatic rings. The molecular formula is C18H14F3NO2. The highest BCUT2D eigenvalue weighted by Crippen LogP contribution is 2.39. The maximum absolute atomic E-state index is 13.2. The Labute approximate surface area is 136 Å². The molecule has 1 heterocycles. The molecule has 0 spiro atoms. The molecule has 24 heavy (non-hydrogen) atoms. The lowest BCUT2D eigenvalue weighted by molar-refractivity contribution is -0.158. The molecule has 0 saturated carbocycles. The highest BCUT2D eigenvalue weighted by Gasteiger charge is 2.42. The van der Waals surface area contributed by atoms with Crippen LogP contribution in [0.15, 0.2) is 61.0 Å². The first kappa shape index (κ1) is 16.1. The van der Waals surface area contributed by atoms with Crippen LogP contribution in [0.4, 0.5) is 13.2 Å². The van der Waals surface area contributed by atoms with Gasteiger partial charge < -0.3 is 9.67 Å². The van der Waals surface area contributed by atoms with Crippen LogP contribution in [0.1, 0.15) is 16.8 Å². The molecule has 1 aromatic heterocycles. The number of alkyl halides is 3. The number of aromatic nitrogens is 1. The van der Waals surface area contributed by atoms with Crippen molar-refractivity contribution in [1.82, 2.24) is 4.57 Å². The van der Waals surface area contributed by atoms with E-state index >= 15 is 0 Å². The summed E-state index contributed by atoms with van der Waals surface area (Å²) in [6.07, 6.45) is 3.32. The van der Waals surface area contributed by atoms with Gasteiger partial charge in [0.25, 0.3) is 0 Å². The minimum atomic E-state index is -4.32. The molecule has 1 N–H and O–H groups in total. The van der Waals surface area contributed by atoms with E-state index < -0.39 is 18.1 Å². The van der Waals surface area contributed by atoms with Gasteiger partial charge in [0.15, 0.2) is 0 Å². The number of aromatic carboxylic acids is 1. The van der Waals surface area contributed by atoms with Crippen LogP contribution in [-0.2, 0) is 0 Å². The number of hydrogen-bond acceptors (Lipinski definition) is 1. The normalized spacial score (nSPS) is 17.6. The van der Waals surface area contributed by atoms with E-state index in [-0.39, 0.29) is 17.7 Å². The Kier molecular flexibility index (Phi) is 4.05. The van der Waals surface area contributed by atoms with Crippen LogP contribution in [0.3, 0.4) is 0 Å². The molecular weight excluding hydrogens is 319 g/mol. The molecule has 1 unspecified atom stereocenters. The van der Waals surface area contributed by atoms with Crippen LogP contribution in [0.5, 0.6) is 0 Å². The average Bonchev–Trinajstić information content (AvgIpc) is 3.04. The van der Waals surface area contributed by atoms with E-state index in [1.54, 1.807) is 36.7 Å². The van der Waals surface area contributed by atoms with Gasteiger partial charge in [-0.05, 0) is 41.8 Å². The van der Waals surface area contributed by atoms with Gasteiger partial charge in [0.05, 0.1) is 11.5 Å². The largest absolute Gasteiger partial charge is 0.478 e. The summed E-state index contributed by atoms with van der Waals surface area (Å²) >= 11 is 0. The lowest BCUT2D eigenvalue weighted by Crippen LogP contribution is -2.26. The predicted octanol–water partition coefficient (Wildman–Crippen LogP) is 4.83. The van der Waals surface area contributed by atoms with Crippen molar-refractivity contribution in [2.75, 3.05) is 0 Å². The van der Waals surface area contributed by atoms with Crippen molar-refractivity contribution in [3.8, 4) is 11.1 Å². The topological polar surface area (TPSA) is 42.2 Å². The van der Waals surface area contributed by atoms with Crippen molar-refractivity contribution in [3.63, 3.8) is 0 Å². The molecule has 124 valence electrons. The molecule has 6 heteroatoms. The van der Waals surface area contributed by atoms with Crippen LogP contribution in [0.25, 0.3) is 16.8 Å². The predicted molar refractivity (Wildman–Crippen MR) is 84.4 cm³/mol. The SMILES string of the molecule is O=C(O)c1cccc(-c2ccn(C3=CC=CCC3C(F)(F)F)c2)c1. The number of rotatable bonds is 3. The minimum absolute atomic E-state index is 0.0860. The van der Waals surface area contributed by atoms with Gasteiger partial charge in [-0.3, -0.25) is 0 Å². The van der Waals surface area contributed by atoms with Crippen molar-refractivity contribution in [2.45, 2.75) is 12.6 Å². The molecule has 0 saturated heterocycles. The van der Waals surface area contributed by atoms with E-state index in [4.69, 9.17) is 5.11 Å². The van der Waals surface area contributed by atoms with E-state index in [1.807, 2.05) is 0 Å². The molecule has 0 aliphatic heterocycles. The number of carboxylic acid groups (broad SMARTS) is 1. The number of nitrogens with zero attached hydrogens (tertiary/aromatic N) is 1. The summed E-state index contributed by atoms with van der Waals surface area (Å²) in [5.74, 6) is -2.60. The third kappa shape index (κ3) is 3.13. The maximum Gasteiger partial charge on any atom is 0.397 e. The third-order valence-corrected chi connectivity index (χ3v) is 3.96. The standard InChI is InChI=1S/C18H14F3NO2/c19-18(20,21)15-6-1-2-7-16(15)22-9-8-14(11-22)12-4-3-5-13(10-12)17(23)24/h1-5,7-11,15H,6H2,(H,23,24). The summed E-state index contributed by atoms with van der Waals surface area (Å²) < 4.78 is 41.0. The van der Waals surface area contributed by atoms with Crippen LogP contribution < -0.4 is 0 Å². The third-order valence-electron chi connectivity index (χ3n) is 3.96. The number of carbonyl (C=O) groups is 1. The molecule has 0 radical (unpaired) electrons. The molecule has 0 fully saturated rings. The number of halogens is 3. The van der Waals surface area contributed by atoms with Crippen LogP contribution >= 0.6 is 0 Å². The molecule has 1 aromatic carbocycles. The van der Waals surface area contributed by atoms with Gasteiger partial charge in [0, 0.05) is 18.1 Å². The van der Waals surface area contributed by atoms with Crippen molar-refractivity contribution < 1.29 is 23.1 Å². The zero-order valence-electron chi connectivity index (χ0n) is 12.5. The highest BCUT2D eigenvalue weighted by atomic mass is 19.4. The van der Waals surface area contributed by atoms with E-state index in [0.29, 0.717) is 11.1 Å². The van der Waals surface area contributed by atoms with Gasteiger partial charge in [0.2, 0.25) is 0 Å². The van der Waals surface area contributed by atoms with E-state index in [1.165, 1.54) is 28.9 Å². The Morgan fingerprint density at radius 1 is 1.21 bits per heavy atom. The molecule has 0 amide bonds. The summed E-state index contributed by atoms with van der Waals surface area (Å²) in [4.78, 5) is 11.0. The van der Waals surface area contributed by atoms with Crippen molar-refractivity contribution in [1.29, 1.82) is 0 Å². The average molecular weight is 333 g/mol. The Bertz CT molecular complexity index is 831. The summed E-state index contributed by atoms with van der Waals surface area (Å²) in [6, 6.07) is 7.97. The molecule has 3 rings (SSSR count). The fraction of sp³-hybridized carbons (Fsp3) is 0.167. The van der Waals surface area contributed by atoms with Crippen LogP contribution in [0, 0.1) is 5.92 Å². The van der Waals surface area contributed by atoms with E-state index in [9.17, 15) is 18.0 Å². The summed E-state index contributed by atoms with van der Waals surface area (Å²) in [5.41, 5.74) is 1.59. The van der Waals surface area contributed by atoms with Crippen molar-refractivity contribution in [3.05, 3.63) is 66.5 Å². The van der Waals surface area contributed by atoms with E-state index in [0.717, 1.165) is 0 Å². The molecule has 1 atom stereocenters. The first-order chi connectivity index (χ1) is 11.4. The number of carboxylic acids is 1. The van der Waals surface area contributed by atoms with Gasteiger partial charge in [0.1, 0.15) is 0 Å². The molecule has 1 aliphatic rings. The van der Waals surface area contributed by atoms with Gasteiger partial charge in [-0.2, -0.15) is 13.2 Å². The lowest BCUT2D eigenvalue weighted by atomic mass is 9.96. The second-order valence-electron chi connectivity index (χ2n) is 5.54. The van der Waals surface area contributed by atoms with Crippen LogP contribution in [0.2, 0.25) is 0 Å². The van der Waals surface area contributed by atoms with Gasteiger partial charge in [-0.25, -0.2) is 4.79 Å². The fourth-order valence-electron chi connectivity index (χ4n) is 2.75. The second-order valence-corrected chi connectivity index (χ2v) is 5.54. The monoisotopic (exact) mass is 333 g/mol. The Morgan fingerprint density at radius 2 is 2.00 bits per heavy atom. The Hall–Kier alpha value is -2.76. The number of benzene rings is 1. The van der Waals surface area contributed by atoms with Gasteiger partial charge >= 0.3 is 12.1 Å². The van der Waals surface area contributed by atoms with Crippen LogP contribution in [-0.4, -0.2) is 21.8 Å². The first-order valence-corrected chi connectivity index (χ1v) is 7.32. The zero-order valence-corrected chi connectivity index (χ0v) is 12.5. The first-order valence-electron chi connectivity index (χ1n) is 7.32. The van der Waals surface area contributed by atoms with Gasteiger partial charge in [-0.1, -0.05) is 24.3 Å². The van der Waals surface area contributed by atoms with Gasteiger partial charge in [-0.15, -0.1) is 0 Å². The second kappa shape index (κ2) is 6.03. The molecule has 3 nitrogen and oxygen atoms in total. The Morgan fingerprint density at radius 3 is 2.71 bits per heavy atom. The molecule has 1 aliphatic carbocycles. The maximum atomic E-state index is 13.2. The summed E-state index contributed by atoms with van der Waals surface area (Å²) in [6.45, 7) is 0. The van der Waals surface area contributed by atoms with Crippen molar-refractivity contribution in [2.24, 2.45) is 5.92 Å². The molecule has 0 bridgehead atoms. The Balaban J connectivity index is 1.96. The minimum Gasteiger partial charge on any atom is -0.478 e. The lowest BCUT2D eigenvalue weighted by Gasteiger charge is -2.24. The van der Waals surface area contributed by atoms with Crippen molar-refractivity contribution >= 4 is 11.7 Å². The quantitative estimate of drug-likeness (QED) is 0.874. The number of hydrogen-bond donors (Lipinski definition) is 1. The highest BCUT2D eigenvalue weighted by molar-refractivity contribution is 5.89. The number of allylic oxidation sites excluding steroid dienone is 4.